The summed E-state index contributed by atoms with van der Waals surface area (Å²) < 4.78 is 5.51. The molecule has 1 aliphatic heterocycles. The van der Waals surface area contributed by atoms with E-state index in [-0.39, 0.29) is 12.1 Å². The van der Waals surface area contributed by atoms with Gasteiger partial charge in [-0.2, -0.15) is 10.1 Å². The van der Waals surface area contributed by atoms with Crippen molar-refractivity contribution in [3.63, 3.8) is 0 Å². The largest absolute Gasteiger partial charge is 0.337 e. The third-order valence-corrected chi connectivity index (χ3v) is 5.92. The molecule has 1 fully saturated rings. The number of aromatic amines is 1. The lowest BCUT2D eigenvalue weighted by molar-refractivity contribution is 0.0726. The van der Waals surface area contributed by atoms with E-state index in [2.05, 4.69) is 103 Å². The van der Waals surface area contributed by atoms with Gasteiger partial charge in [-0.1, -0.05) is 65.8 Å². The van der Waals surface area contributed by atoms with Crippen molar-refractivity contribution in [2.75, 3.05) is 26.2 Å². The Bertz CT molecular complexity index is 1030. The highest BCUT2D eigenvalue weighted by atomic mass is 16.5. The van der Waals surface area contributed by atoms with Gasteiger partial charge < -0.3 is 4.52 Å². The molecule has 0 radical (unpaired) electrons. The number of hydrogen-bond acceptors (Lipinski definition) is 7. The van der Waals surface area contributed by atoms with Crippen molar-refractivity contribution in [1.82, 2.24) is 35.1 Å². The lowest BCUT2D eigenvalue weighted by Crippen LogP contribution is -2.48. The Morgan fingerprint density at radius 3 is 2.06 bits per heavy atom. The lowest BCUT2D eigenvalue weighted by atomic mass is 9.96. The predicted molar refractivity (Wildman–Crippen MR) is 116 cm³/mol. The average molecular weight is 416 g/mol. The Morgan fingerprint density at radius 2 is 1.48 bits per heavy atom. The topological polar surface area (TPSA) is 87.0 Å². The molecule has 5 rings (SSSR count). The second-order valence-corrected chi connectivity index (χ2v) is 7.76. The van der Waals surface area contributed by atoms with Crippen LogP contribution in [-0.2, 0) is 0 Å². The van der Waals surface area contributed by atoms with Crippen LogP contribution in [0, 0.1) is 0 Å². The predicted octanol–water partition coefficient (Wildman–Crippen LogP) is 3.32. The third-order valence-electron chi connectivity index (χ3n) is 5.92. The summed E-state index contributed by atoms with van der Waals surface area (Å²) in [5, 5.41) is 10.7. The quantitative estimate of drug-likeness (QED) is 0.517. The zero-order valence-corrected chi connectivity index (χ0v) is 17.4. The molecule has 0 aliphatic carbocycles. The fraction of sp³-hybridized carbons (Fsp3) is 0.304. The molecule has 0 unspecified atom stereocenters. The van der Waals surface area contributed by atoms with Crippen LogP contribution in [0.4, 0.5) is 0 Å². The molecule has 0 amide bonds. The minimum atomic E-state index is 0.0400. The molecule has 2 aromatic heterocycles. The first-order valence-electron chi connectivity index (χ1n) is 10.6. The van der Waals surface area contributed by atoms with Gasteiger partial charge in [0.1, 0.15) is 6.33 Å². The molecular formula is C23H25N7O. The number of hydrogen-bond donors (Lipinski definition) is 1. The number of nitrogens with one attached hydrogen (secondary N) is 1. The Kier molecular flexibility index (Phi) is 5.56. The molecule has 1 atom stereocenters. The average Bonchev–Trinajstić information content (AvgIpc) is 3.53. The highest BCUT2D eigenvalue weighted by Gasteiger charge is 2.30. The van der Waals surface area contributed by atoms with Gasteiger partial charge in [0, 0.05) is 26.2 Å². The van der Waals surface area contributed by atoms with Gasteiger partial charge in [0.05, 0.1) is 12.1 Å². The zero-order valence-electron chi connectivity index (χ0n) is 17.4. The maximum atomic E-state index is 5.51. The standard InChI is InChI=1S/C23H25N7O/c1-17(23-26-22(28-31-23)21-24-16-25-27-21)29-12-14-30(15-13-29)20(18-8-4-2-5-9-18)19-10-6-3-7-11-19/h2-11,16-17,20H,12-15H2,1H3,(H,24,25,27)/t17-/m1/s1. The van der Waals surface area contributed by atoms with E-state index in [0.29, 0.717) is 17.5 Å². The van der Waals surface area contributed by atoms with E-state index in [1.54, 1.807) is 0 Å². The second kappa shape index (κ2) is 8.79. The molecule has 0 spiro atoms. The molecule has 3 heterocycles. The van der Waals surface area contributed by atoms with Gasteiger partial charge in [0.25, 0.3) is 0 Å². The fourth-order valence-corrected chi connectivity index (χ4v) is 4.24. The summed E-state index contributed by atoms with van der Waals surface area (Å²) >= 11 is 0. The molecule has 1 aliphatic rings. The van der Waals surface area contributed by atoms with Gasteiger partial charge >= 0.3 is 0 Å². The summed E-state index contributed by atoms with van der Waals surface area (Å²) in [5.74, 6) is 1.55. The minimum absolute atomic E-state index is 0.0400. The van der Waals surface area contributed by atoms with E-state index in [9.17, 15) is 0 Å². The molecule has 0 saturated carbocycles. The van der Waals surface area contributed by atoms with Crippen molar-refractivity contribution in [2.45, 2.75) is 19.0 Å². The van der Waals surface area contributed by atoms with Crippen LogP contribution in [0.1, 0.15) is 36.0 Å². The smallest absolute Gasteiger partial charge is 0.244 e. The first kappa shape index (κ1) is 19.6. The summed E-state index contributed by atoms with van der Waals surface area (Å²) in [6, 6.07) is 21.8. The SMILES string of the molecule is C[C@H](c1nc(-c2ncn[nH]2)no1)N1CCN(C(c2ccccc2)c2ccccc2)CC1. The zero-order chi connectivity index (χ0) is 21.0. The highest BCUT2D eigenvalue weighted by molar-refractivity contribution is 5.39. The molecular weight excluding hydrogens is 390 g/mol. The van der Waals surface area contributed by atoms with E-state index in [0.717, 1.165) is 26.2 Å². The number of H-pyrrole nitrogens is 1. The molecule has 158 valence electrons. The summed E-state index contributed by atoms with van der Waals surface area (Å²) in [4.78, 5) is 13.5. The van der Waals surface area contributed by atoms with Gasteiger partial charge in [-0.25, -0.2) is 4.98 Å². The van der Waals surface area contributed by atoms with Crippen LogP contribution in [0.25, 0.3) is 11.6 Å². The molecule has 31 heavy (non-hydrogen) atoms. The molecule has 0 bridgehead atoms. The number of rotatable bonds is 6. The molecule has 2 aromatic carbocycles. The van der Waals surface area contributed by atoms with Crippen molar-refractivity contribution in [2.24, 2.45) is 0 Å². The molecule has 1 N–H and O–H groups in total. The minimum Gasteiger partial charge on any atom is -0.337 e. The molecule has 8 nitrogen and oxygen atoms in total. The van der Waals surface area contributed by atoms with Crippen molar-refractivity contribution >= 4 is 0 Å². The van der Waals surface area contributed by atoms with E-state index < -0.39 is 0 Å². The van der Waals surface area contributed by atoms with Crippen molar-refractivity contribution in [3.05, 3.63) is 84.0 Å². The maximum Gasteiger partial charge on any atom is 0.244 e. The number of nitrogens with zero attached hydrogens (tertiary/aromatic N) is 6. The van der Waals surface area contributed by atoms with Gasteiger partial charge in [-0.3, -0.25) is 14.9 Å². The molecule has 4 aromatic rings. The number of aromatic nitrogens is 5. The van der Waals surface area contributed by atoms with E-state index in [1.807, 2.05) is 0 Å². The lowest BCUT2D eigenvalue weighted by Gasteiger charge is -2.41. The summed E-state index contributed by atoms with van der Waals surface area (Å²) in [7, 11) is 0. The summed E-state index contributed by atoms with van der Waals surface area (Å²) in [5.41, 5.74) is 2.65. The van der Waals surface area contributed by atoms with Crippen LogP contribution in [0.3, 0.4) is 0 Å². The van der Waals surface area contributed by atoms with Crippen LogP contribution in [0.15, 0.2) is 71.5 Å². The van der Waals surface area contributed by atoms with Gasteiger partial charge in [0.15, 0.2) is 5.82 Å². The first-order valence-corrected chi connectivity index (χ1v) is 10.6. The van der Waals surface area contributed by atoms with Crippen LogP contribution in [-0.4, -0.2) is 61.3 Å². The Balaban J connectivity index is 1.29. The first-order chi connectivity index (χ1) is 15.3. The number of benzene rings is 2. The van der Waals surface area contributed by atoms with E-state index in [1.165, 1.54) is 17.5 Å². The van der Waals surface area contributed by atoms with Gasteiger partial charge in [-0.15, -0.1) is 0 Å². The second-order valence-electron chi connectivity index (χ2n) is 7.76. The Morgan fingerprint density at radius 1 is 0.871 bits per heavy atom. The maximum absolute atomic E-state index is 5.51. The molecule has 1 saturated heterocycles. The van der Waals surface area contributed by atoms with Gasteiger partial charge in [-0.05, 0) is 18.1 Å². The van der Waals surface area contributed by atoms with Gasteiger partial charge in [0.2, 0.25) is 11.7 Å². The summed E-state index contributed by atoms with van der Waals surface area (Å²) in [6.45, 7) is 5.89. The number of piperazine rings is 1. The fourth-order valence-electron chi connectivity index (χ4n) is 4.24. The van der Waals surface area contributed by atoms with E-state index in [4.69, 9.17) is 4.52 Å². The van der Waals surface area contributed by atoms with Crippen LogP contribution >= 0.6 is 0 Å². The Labute approximate surface area is 180 Å². The highest BCUT2D eigenvalue weighted by Crippen LogP contribution is 2.31. The van der Waals surface area contributed by atoms with Crippen LogP contribution in [0.2, 0.25) is 0 Å². The Hall–Kier alpha value is -3.36. The van der Waals surface area contributed by atoms with E-state index >= 15 is 0 Å². The van der Waals surface area contributed by atoms with Crippen LogP contribution in [0.5, 0.6) is 0 Å². The van der Waals surface area contributed by atoms with Crippen molar-refractivity contribution in [3.8, 4) is 11.6 Å². The van der Waals surface area contributed by atoms with Crippen molar-refractivity contribution < 1.29 is 4.52 Å². The van der Waals surface area contributed by atoms with Crippen molar-refractivity contribution in [1.29, 1.82) is 0 Å². The third kappa shape index (κ3) is 4.12. The summed E-state index contributed by atoms with van der Waals surface area (Å²) in [6.07, 6.45) is 1.43. The molecule has 8 heteroatoms. The monoisotopic (exact) mass is 415 g/mol. The normalized spacial score (nSPS) is 16.6. The van der Waals surface area contributed by atoms with Crippen LogP contribution < -0.4 is 0 Å².